The predicted molar refractivity (Wildman–Crippen MR) is 52.8 cm³/mol. The van der Waals surface area contributed by atoms with Crippen LogP contribution in [-0.4, -0.2) is 22.3 Å². The maximum Gasteiger partial charge on any atom is 0.311 e. The lowest BCUT2D eigenvalue weighted by molar-refractivity contribution is -0.139. The van der Waals surface area contributed by atoms with Crippen LogP contribution in [0.5, 0.6) is 0 Å². The SMILES string of the molecule is [CH2]C(O)CC(C(=O)O)c1ccccc1. The number of carboxylic acids is 1. The highest BCUT2D eigenvalue weighted by molar-refractivity contribution is 5.76. The van der Waals surface area contributed by atoms with Gasteiger partial charge in [0.15, 0.2) is 0 Å². The van der Waals surface area contributed by atoms with Gasteiger partial charge in [-0.3, -0.25) is 4.79 Å². The number of aliphatic carboxylic acids is 1. The van der Waals surface area contributed by atoms with E-state index in [9.17, 15) is 4.79 Å². The summed E-state index contributed by atoms with van der Waals surface area (Å²) in [6.45, 7) is 3.38. The van der Waals surface area contributed by atoms with Crippen LogP contribution in [0.1, 0.15) is 17.9 Å². The molecule has 1 aromatic carbocycles. The first-order chi connectivity index (χ1) is 6.61. The lowest BCUT2D eigenvalue weighted by Crippen LogP contribution is -2.17. The third-order valence-electron chi connectivity index (χ3n) is 2.01. The normalized spacial score (nSPS) is 14.7. The standard InChI is InChI=1S/C11H13O3/c1-8(12)7-10(11(13)14)9-5-3-2-4-6-9/h2-6,8,10,12H,1,7H2,(H,13,14). The van der Waals surface area contributed by atoms with E-state index in [-0.39, 0.29) is 6.42 Å². The van der Waals surface area contributed by atoms with Crippen LogP contribution in [0.3, 0.4) is 0 Å². The van der Waals surface area contributed by atoms with E-state index in [1.807, 2.05) is 6.07 Å². The molecule has 0 amide bonds. The van der Waals surface area contributed by atoms with Gasteiger partial charge in [0, 0.05) is 0 Å². The summed E-state index contributed by atoms with van der Waals surface area (Å²) in [5, 5.41) is 18.0. The molecule has 0 aromatic heterocycles. The van der Waals surface area contributed by atoms with Gasteiger partial charge in [0.1, 0.15) is 0 Å². The third kappa shape index (κ3) is 2.85. The molecule has 1 radical (unpaired) electrons. The van der Waals surface area contributed by atoms with Crippen molar-refractivity contribution in [3.63, 3.8) is 0 Å². The maximum atomic E-state index is 10.9. The summed E-state index contributed by atoms with van der Waals surface area (Å²) in [6, 6.07) is 8.85. The number of hydrogen-bond donors (Lipinski definition) is 2. The van der Waals surface area contributed by atoms with Gasteiger partial charge in [-0.25, -0.2) is 0 Å². The van der Waals surface area contributed by atoms with Gasteiger partial charge in [0.25, 0.3) is 0 Å². The van der Waals surface area contributed by atoms with Crippen LogP contribution < -0.4 is 0 Å². The molecule has 0 aliphatic carbocycles. The van der Waals surface area contributed by atoms with E-state index in [2.05, 4.69) is 6.92 Å². The molecule has 0 bridgehead atoms. The highest BCUT2D eigenvalue weighted by atomic mass is 16.4. The molecular weight excluding hydrogens is 180 g/mol. The van der Waals surface area contributed by atoms with E-state index >= 15 is 0 Å². The lowest BCUT2D eigenvalue weighted by atomic mass is 9.94. The summed E-state index contributed by atoms with van der Waals surface area (Å²) in [5.41, 5.74) is 0.697. The van der Waals surface area contributed by atoms with Crippen molar-refractivity contribution in [1.82, 2.24) is 0 Å². The molecule has 0 spiro atoms. The molecule has 2 N–H and O–H groups in total. The molecule has 75 valence electrons. The average Bonchev–Trinajstić information content (AvgIpc) is 2.15. The molecule has 0 saturated heterocycles. The van der Waals surface area contributed by atoms with E-state index in [0.29, 0.717) is 5.56 Å². The Kier molecular flexibility index (Phi) is 3.65. The second-order valence-corrected chi connectivity index (χ2v) is 3.19. The summed E-state index contributed by atoms with van der Waals surface area (Å²) in [4.78, 5) is 10.9. The Morgan fingerprint density at radius 3 is 2.36 bits per heavy atom. The topological polar surface area (TPSA) is 57.5 Å². The van der Waals surface area contributed by atoms with Gasteiger partial charge < -0.3 is 10.2 Å². The molecule has 0 aliphatic rings. The van der Waals surface area contributed by atoms with Gasteiger partial charge in [0.05, 0.1) is 12.0 Å². The number of aliphatic hydroxyl groups excluding tert-OH is 1. The Morgan fingerprint density at radius 2 is 1.93 bits per heavy atom. The van der Waals surface area contributed by atoms with Crippen molar-refractivity contribution in [3.05, 3.63) is 42.8 Å². The molecule has 1 rings (SSSR count). The summed E-state index contributed by atoms with van der Waals surface area (Å²) in [6.07, 6.45) is -0.712. The minimum absolute atomic E-state index is 0.138. The van der Waals surface area contributed by atoms with Crippen LogP contribution in [0.15, 0.2) is 30.3 Å². The first-order valence-electron chi connectivity index (χ1n) is 4.40. The zero-order valence-corrected chi connectivity index (χ0v) is 7.76. The second kappa shape index (κ2) is 4.77. The van der Waals surface area contributed by atoms with Gasteiger partial charge in [-0.05, 0) is 18.9 Å². The van der Waals surface area contributed by atoms with Crippen LogP contribution >= 0.6 is 0 Å². The van der Waals surface area contributed by atoms with E-state index in [1.54, 1.807) is 24.3 Å². The lowest BCUT2D eigenvalue weighted by Gasteiger charge is -2.13. The van der Waals surface area contributed by atoms with Gasteiger partial charge in [-0.2, -0.15) is 0 Å². The monoisotopic (exact) mass is 193 g/mol. The summed E-state index contributed by atoms with van der Waals surface area (Å²) < 4.78 is 0. The van der Waals surface area contributed by atoms with Gasteiger partial charge in [-0.1, -0.05) is 30.3 Å². The largest absolute Gasteiger partial charge is 0.481 e. The first kappa shape index (κ1) is 10.7. The molecule has 3 nitrogen and oxygen atoms in total. The Hall–Kier alpha value is -1.35. The van der Waals surface area contributed by atoms with Crippen LogP contribution in [0, 0.1) is 6.92 Å². The fourth-order valence-electron chi connectivity index (χ4n) is 1.34. The Balaban J connectivity index is 2.84. The van der Waals surface area contributed by atoms with Crippen molar-refractivity contribution in [2.45, 2.75) is 18.4 Å². The van der Waals surface area contributed by atoms with Crippen molar-refractivity contribution in [1.29, 1.82) is 0 Å². The van der Waals surface area contributed by atoms with Crippen LogP contribution in [-0.2, 0) is 4.79 Å². The molecule has 0 heterocycles. The van der Waals surface area contributed by atoms with E-state index in [1.165, 1.54) is 0 Å². The van der Waals surface area contributed by atoms with E-state index < -0.39 is 18.0 Å². The average molecular weight is 193 g/mol. The molecule has 0 fully saturated rings. The van der Waals surface area contributed by atoms with Crippen molar-refractivity contribution >= 4 is 5.97 Å². The highest BCUT2D eigenvalue weighted by Crippen LogP contribution is 2.21. The van der Waals surface area contributed by atoms with E-state index in [4.69, 9.17) is 10.2 Å². The zero-order chi connectivity index (χ0) is 10.6. The molecule has 0 saturated carbocycles. The summed E-state index contributed by atoms with van der Waals surface area (Å²) in [7, 11) is 0. The Bertz CT molecular complexity index is 293. The summed E-state index contributed by atoms with van der Waals surface area (Å²) >= 11 is 0. The number of carboxylic acid groups (broad SMARTS) is 1. The Morgan fingerprint density at radius 1 is 1.36 bits per heavy atom. The fourth-order valence-corrected chi connectivity index (χ4v) is 1.34. The number of carbonyl (C=O) groups is 1. The van der Waals surface area contributed by atoms with Crippen LogP contribution in [0.4, 0.5) is 0 Å². The van der Waals surface area contributed by atoms with Crippen LogP contribution in [0.25, 0.3) is 0 Å². The molecule has 1 aromatic rings. The molecule has 14 heavy (non-hydrogen) atoms. The molecule has 0 aliphatic heterocycles. The van der Waals surface area contributed by atoms with Gasteiger partial charge in [0.2, 0.25) is 0 Å². The molecule has 2 atom stereocenters. The minimum Gasteiger partial charge on any atom is -0.481 e. The van der Waals surface area contributed by atoms with Crippen molar-refractivity contribution in [2.75, 3.05) is 0 Å². The van der Waals surface area contributed by atoms with E-state index in [0.717, 1.165) is 0 Å². The van der Waals surface area contributed by atoms with Crippen molar-refractivity contribution in [2.24, 2.45) is 0 Å². The fraction of sp³-hybridized carbons (Fsp3) is 0.273. The maximum absolute atomic E-state index is 10.9. The zero-order valence-electron chi connectivity index (χ0n) is 7.76. The molecule has 3 heteroatoms. The van der Waals surface area contributed by atoms with Crippen LogP contribution in [0.2, 0.25) is 0 Å². The van der Waals surface area contributed by atoms with Crippen molar-refractivity contribution < 1.29 is 15.0 Å². The number of hydrogen-bond acceptors (Lipinski definition) is 2. The quantitative estimate of drug-likeness (QED) is 0.760. The second-order valence-electron chi connectivity index (χ2n) is 3.19. The number of aliphatic hydroxyl groups is 1. The predicted octanol–water partition coefficient (Wildman–Crippen LogP) is 1.44. The minimum atomic E-state index is -0.932. The molecule has 2 unspecified atom stereocenters. The summed E-state index contributed by atoms with van der Waals surface area (Å²) in [5.74, 6) is -1.61. The van der Waals surface area contributed by atoms with Gasteiger partial charge >= 0.3 is 5.97 Å². The Labute approximate surface area is 83.0 Å². The third-order valence-corrected chi connectivity index (χ3v) is 2.01. The number of benzene rings is 1. The molecular formula is C11H13O3. The highest BCUT2D eigenvalue weighted by Gasteiger charge is 2.21. The van der Waals surface area contributed by atoms with Gasteiger partial charge in [-0.15, -0.1) is 0 Å². The first-order valence-corrected chi connectivity index (χ1v) is 4.40. The smallest absolute Gasteiger partial charge is 0.311 e. The van der Waals surface area contributed by atoms with Crippen molar-refractivity contribution in [3.8, 4) is 0 Å². The number of rotatable bonds is 4.